The van der Waals surface area contributed by atoms with E-state index in [2.05, 4.69) is 15.6 Å². The Morgan fingerprint density at radius 3 is 2.82 bits per heavy atom. The molecule has 0 fully saturated rings. The molecule has 1 amide bonds. The fourth-order valence-corrected chi connectivity index (χ4v) is 1.77. The van der Waals surface area contributed by atoms with Gasteiger partial charge in [0.05, 0.1) is 25.0 Å². The molecule has 0 aliphatic carbocycles. The molecule has 0 aliphatic rings. The van der Waals surface area contributed by atoms with Gasteiger partial charge in [0, 0.05) is 6.42 Å². The zero-order valence-electron chi connectivity index (χ0n) is 11.6. The maximum atomic E-state index is 12.9. The first kappa shape index (κ1) is 16.0. The van der Waals surface area contributed by atoms with Crippen LogP contribution in [0.4, 0.5) is 8.78 Å². The molecule has 2 aromatic rings. The Labute approximate surface area is 124 Å². The fourth-order valence-electron chi connectivity index (χ4n) is 1.77. The highest BCUT2D eigenvalue weighted by Gasteiger charge is 2.27. The van der Waals surface area contributed by atoms with E-state index in [-0.39, 0.29) is 18.5 Å². The smallest absolute Gasteiger partial charge is 0.277 e. The lowest BCUT2D eigenvalue weighted by Crippen LogP contribution is -2.42. The number of carbonyl (C=O) groups is 1. The van der Waals surface area contributed by atoms with Gasteiger partial charge < -0.3 is 11.1 Å². The standard InChI is InChI=1S/C13H15F2N5O2/c14-13(15,7-16)8-17-11(21)5-6-20-12(22)9-3-1-2-4-10(9)18-19-20/h1-4H,5-8,16H2,(H,17,21). The van der Waals surface area contributed by atoms with Crippen LogP contribution in [-0.2, 0) is 11.3 Å². The van der Waals surface area contributed by atoms with Crippen LogP contribution in [0, 0.1) is 0 Å². The monoisotopic (exact) mass is 311 g/mol. The molecule has 0 bridgehead atoms. The van der Waals surface area contributed by atoms with Gasteiger partial charge in [-0.1, -0.05) is 17.3 Å². The summed E-state index contributed by atoms with van der Waals surface area (Å²) in [5.41, 5.74) is 4.94. The molecule has 1 aromatic heterocycles. The fraction of sp³-hybridized carbons (Fsp3) is 0.385. The summed E-state index contributed by atoms with van der Waals surface area (Å²) in [6, 6.07) is 6.67. The van der Waals surface area contributed by atoms with E-state index in [1.807, 2.05) is 0 Å². The molecule has 1 heterocycles. The lowest BCUT2D eigenvalue weighted by atomic mass is 10.2. The average Bonchev–Trinajstić information content (AvgIpc) is 2.53. The third-order valence-electron chi connectivity index (χ3n) is 3.02. The van der Waals surface area contributed by atoms with Crippen LogP contribution in [0.2, 0.25) is 0 Å². The highest BCUT2D eigenvalue weighted by atomic mass is 19.3. The van der Waals surface area contributed by atoms with E-state index < -0.39 is 24.9 Å². The molecule has 1 aromatic carbocycles. The third-order valence-corrected chi connectivity index (χ3v) is 3.02. The van der Waals surface area contributed by atoms with E-state index in [0.29, 0.717) is 10.9 Å². The van der Waals surface area contributed by atoms with Gasteiger partial charge in [0.1, 0.15) is 5.52 Å². The van der Waals surface area contributed by atoms with Crippen LogP contribution < -0.4 is 16.6 Å². The molecule has 0 saturated carbocycles. The van der Waals surface area contributed by atoms with Crippen LogP contribution in [-0.4, -0.2) is 39.9 Å². The Bertz CT molecular complexity index is 732. The maximum Gasteiger partial charge on any atom is 0.277 e. The van der Waals surface area contributed by atoms with Gasteiger partial charge in [-0.25, -0.2) is 13.5 Å². The van der Waals surface area contributed by atoms with Gasteiger partial charge in [0.2, 0.25) is 5.91 Å². The van der Waals surface area contributed by atoms with Crippen molar-refractivity contribution in [2.24, 2.45) is 5.73 Å². The number of alkyl halides is 2. The number of hydrogen-bond donors (Lipinski definition) is 2. The Balaban J connectivity index is 1.99. The van der Waals surface area contributed by atoms with Crippen molar-refractivity contribution in [2.75, 3.05) is 13.1 Å². The van der Waals surface area contributed by atoms with Crippen molar-refractivity contribution < 1.29 is 13.6 Å². The maximum absolute atomic E-state index is 12.9. The van der Waals surface area contributed by atoms with E-state index in [9.17, 15) is 18.4 Å². The Morgan fingerprint density at radius 1 is 1.36 bits per heavy atom. The first-order valence-corrected chi connectivity index (χ1v) is 6.60. The summed E-state index contributed by atoms with van der Waals surface area (Å²) in [5.74, 6) is -3.76. The van der Waals surface area contributed by atoms with Crippen LogP contribution >= 0.6 is 0 Å². The van der Waals surface area contributed by atoms with Gasteiger partial charge in [0.15, 0.2) is 0 Å². The molecule has 7 nitrogen and oxygen atoms in total. The van der Waals surface area contributed by atoms with Gasteiger partial charge in [-0.05, 0) is 12.1 Å². The SMILES string of the molecule is NCC(F)(F)CNC(=O)CCn1nnc2ccccc2c1=O. The molecule has 2 rings (SSSR count). The Morgan fingerprint density at radius 2 is 2.09 bits per heavy atom. The lowest BCUT2D eigenvalue weighted by molar-refractivity contribution is -0.123. The Kier molecular flexibility index (Phi) is 4.76. The quantitative estimate of drug-likeness (QED) is 0.775. The summed E-state index contributed by atoms with van der Waals surface area (Å²) in [7, 11) is 0. The van der Waals surface area contributed by atoms with Crippen molar-refractivity contribution in [3.8, 4) is 0 Å². The van der Waals surface area contributed by atoms with Gasteiger partial charge in [0.25, 0.3) is 11.5 Å². The zero-order chi connectivity index (χ0) is 16.2. The number of nitrogens with one attached hydrogen (secondary N) is 1. The van der Waals surface area contributed by atoms with E-state index in [1.165, 1.54) is 0 Å². The van der Waals surface area contributed by atoms with Crippen LogP contribution in [0.25, 0.3) is 10.9 Å². The third kappa shape index (κ3) is 3.82. The number of fused-ring (bicyclic) bond motifs is 1. The van der Waals surface area contributed by atoms with Crippen molar-refractivity contribution in [2.45, 2.75) is 18.9 Å². The lowest BCUT2D eigenvalue weighted by Gasteiger charge is -2.14. The minimum atomic E-state index is -3.14. The van der Waals surface area contributed by atoms with Crippen LogP contribution in [0.5, 0.6) is 0 Å². The van der Waals surface area contributed by atoms with E-state index in [0.717, 1.165) is 4.68 Å². The molecule has 0 saturated heterocycles. The van der Waals surface area contributed by atoms with Gasteiger partial charge in [-0.3, -0.25) is 9.59 Å². The number of hydrogen-bond acceptors (Lipinski definition) is 5. The molecule has 9 heteroatoms. The van der Waals surface area contributed by atoms with Crippen molar-refractivity contribution >= 4 is 16.8 Å². The van der Waals surface area contributed by atoms with Crippen LogP contribution in [0.3, 0.4) is 0 Å². The minimum Gasteiger partial charge on any atom is -0.350 e. The number of aromatic nitrogens is 3. The molecule has 0 aliphatic heterocycles. The minimum absolute atomic E-state index is 0.0449. The largest absolute Gasteiger partial charge is 0.350 e. The number of aryl methyl sites for hydroxylation is 1. The molecule has 0 radical (unpaired) electrons. The molecule has 0 unspecified atom stereocenters. The summed E-state index contributed by atoms with van der Waals surface area (Å²) in [6.07, 6.45) is -0.159. The summed E-state index contributed by atoms with van der Waals surface area (Å²) in [5, 5.41) is 10.0. The van der Waals surface area contributed by atoms with Crippen molar-refractivity contribution in [3.05, 3.63) is 34.6 Å². The van der Waals surface area contributed by atoms with E-state index >= 15 is 0 Å². The summed E-state index contributed by atoms with van der Waals surface area (Å²) in [6.45, 7) is -1.72. The molecule has 0 spiro atoms. The zero-order valence-corrected chi connectivity index (χ0v) is 11.6. The van der Waals surface area contributed by atoms with Gasteiger partial charge >= 0.3 is 0 Å². The second-order valence-corrected chi connectivity index (χ2v) is 4.72. The van der Waals surface area contributed by atoms with Crippen molar-refractivity contribution in [1.29, 1.82) is 0 Å². The summed E-state index contributed by atoms with van der Waals surface area (Å²) < 4.78 is 26.8. The topological polar surface area (TPSA) is 103 Å². The predicted molar refractivity (Wildman–Crippen MR) is 75.4 cm³/mol. The average molecular weight is 311 g/mol. The van der Waals surface area contributed by atoms with Crippen LogP contribution in [0.1, 0.15) is 6.42 Å². The summed E-state index contributed by atoms with van der Waals surface area (Å²) >= 11 is 0. The van der Waals surface area contributed by atoms with Gasteiger partial charge in [-0.15, -0.1) is 5.10 Å². The molecular weight excluding hydrogens is 296 g/mol. The molecule has 22 heavy (non-hydrogen) atoms. The number of halogens is 2. The molecular formula is C13H15F2N5O2. The first-order chi connectivity index (χ1) is 10.4. The van der Waals surface area contributed by atoms with Crippen molar-refractivity contribution in [1.82, 2.24) is 20.3 Å². The van der Waals surface area contributed by atoms with Crippen LogP contribution in [0.15, 0.2) is 29.1 Å². The molecule has 118 valence electrons. The first-order valence-electron chi connectivity index (χ1n) is 6.60. The Hall–Kier alpha value is -2.42. The highest BCUT2D eigenvalue weighted by Crippen LogP contribution is 2.08. The number of rotatable bonds is 6. The second kappa shape index (κ2) is 6.56. The normalized spacial score (nSPS) is 11.6. The highest BCUT2D eigenvalue weighted by molar-refractivity contribution is 5.77. The number of carbonyl (C=O) groups excluding carboxylic acids is 1. The number of nitrogens with zero attached hydrogens (tertiary/aromatic N) is 3. The second-order valence-electron chi connectivity index (χ2n) is 4.72. The number of nitrogens with two attached hydrogens (primary N) is 1. The van der Waals surface area contributed by atoms with Crippen molar-refractivity contribution in [3.63, 3.8) is 0 Å². The summed E-state index contributed by atoms with van der Waals surface area (Å²) in [4.78, 5) is 23.6. The van der Waals surface area contributed by atoms with E-state index in [4.69, 9.17) is 5.73 Å². The van der Waals surface area contributed by atoms with Gasteiger partial charge in [-0.2, -0.15) is 0 Å². The predicted octanol–water partition coefficient (Wildman–Crippen LogP) is -0.108. The number of amides is 1. The van der Waals surface area contributed by atoms with E-state index in [1.54, 1.807) is 24.3 Å². The number of benzene rings is 1. The molecule has 3 N–H and O–H groups in total. The molecule has 0 atom stereocenters.